The maximum Gasteiger partial charge on any atom is 0.0702 e. The molecule has 0 bridgehead atoms. The third-order valence-corrected chi connectivity index (χ3v) is 4.65. The Kier molecular flexibility index (Phi) is 7.17. The molecule has 1 atom stereocenters. The van der Waals surface area contributed by atoms with E-state index < -0.39 is 0 Å². The summed E-state index contributed by atoms with van der Waals surface area (Å²) in [5.41, 5.74) is 2.68. The molecule has 3 nitrogen and oxygen atoms in total. The van der Waals surface area contributed by atoms with E-state index in [1.54, 1.807) is 0 Å². The van der Waals surface area contributed by atoms with E-state index in [0.29, 0.717) is 6.10 Å². The van der Waals surface area contributed by atoms with Crippen LogP contribution in [0.4, 0.5) is 0 Å². The van der Waals surface area contributed by atoms with Crippen molar-refractivity contribution in [3.05, 3.63) is 33.8 Å². The standard InChI is InChI=1S/C17H27BrN2O/c1-3-9-21-16-5-4-8-20(13-16)12-15-7-6-14(11-19-2)10-17(15)18/h6-7,10,16,19H,3-5,8-9,11-13H2,1-2H3. The molecule has 0 amide bonds. The van der Waals surface area contributed by atoms with Crippen molar-refractivity contribution < 1.29 is 4.74 Å². The number of nitrogens with one attached hydrogen (secondary N) is 1. The largest absolute Gasteiger partial charge is 0.377 e. The lowest BCUT2D eigenvalue weighted by Crippen LogP contribution is -2.39. The van der Waals surface area contributed by atoms with E-state index in [2.05, 4.69) is 51.3 Å². The molecule has 1 aromatic rings. The lowest BCUT2D eigenvalue weighted by atomic mass is 10.1. The quantitative estimate of drug-likeness (QED) is 0.810. The Labute approximate surface area is 137 Å². The Morgan fingerprint density at radius 2 is 2.29 bits per heavy atom. The lowest BCUT2D eigenvalue weighted by Gasteiger charge is -2.32. The van der Waals surface area contributed by atoms with Gasteiger partial charge in [-0.3, -0.25) is 4.90 Å². The molecule has 1 aliphatic rings. The van der Waals surface area contributed by atoms with Gasteiger partial charge in [-0.2, -0.15) is 0 Å². The van der Waals surface area contributed by atoms with Crippen molar-refractivity contribution in [3.63, 3.8) is 0 Å². The van der Waals surface area contributed by atoms with Crippen LogP contribution < -0.4 is 5.32 Å². The first-order chi connectivity index (χ1) is 10.2. The molecule has 1 aromatic carbocycles. The van der Waals surface area contributed by atoms with Gasteiger partial charge in [0.15, 0.2) is 0 Å². The lowest BCUT2D eigenvalue weighted by molar-refractivity contribution is -0.00227. The van der Waals surface area contributed by atoms with Crippen LogP contribution in [0.2, 0.25) is 0 Å². The zero-order valence-electron chi connectivity index (χ0n) is 13.2. The zero-order valence-corrected chi connectivity index (χ0v) is 14.8. The molecule has 1 N–H and O–H groups in total. The third kappa shape index (κ3) is 5.37. The van der Waals surface area contributed by atoms with Gasteiger partial charge in [-0.15, -0.1) is 0 Å². The highest BCUT2D eigenvalue weighted by molar-refractivity contribution is 9.10. The first kappa shape index (κ1) is 16.9. The molecule has 1 unspecified atom stereocenters. The van der Waals surface area contributed by atoms with Crippen molar-refractivity contribution in [2.45, 2.75) is 45.4 Å². The van der Waals surface area contributed by atoms with Crippen molar-refractivity contribution >= 4 is 15.9 Å². The first-order valence-electron chi connectivity index (χ1n) is 7.98. The summed E-state index contributed by atoms with van der Waals surface area (Å²) in [6, 6.07) is 6.68. The van der Waals surface area contributed by atoms with Gasteiger partial charge < -0.3 is 10.1 Å². The summed E-state index contributed by atoms with van der Waals surface area (Å²) in [5, 5.41) is 3.19. The summed E-state index contributed by atoms with van der Waals surface area (Å²) in [4.78, 5) is 2.52. The Morgan fingerprint density at radius 1 is 1.43 bits per heavy atom. The Hall–Kier alpha value is -0.420. The fraction of sp³-hybridized carbons (Fsp3) is 0.647. The highest BCUT2D eigenvalue weighted by Crippen LogP contribution is 2.23. The number of hydrogen-bond acceptors (Lipinski definition) is 3. The highest BCUT2D eigenvalue weighted by Gasteiger charge is 2.20. The molecule has 4 heteroatoms. The van der Waals surface area contributed by atoms with Crippen LogP contribution in [0.15, 0.2) is 22.7 Å². The predicted octanol–water partition coefficient (Wildman–Crippen LogP) is 3.56. The van der Waals surface area contributed by atoms with E-state index in [0.717, 1.165) is 32.7 Å². The van der Waals surface area contributed by atoms with Gasteiger partial charge in [0, 0.05) is 30.7 Å². The van der Waals surface area contributed by atoms with E-state index in [-0.39, 0.29) is 0 Å². The van der Waals surface area contributed by atoms with Gasteiger partial charge in [0.05, 0.1) is 6.10 Å². The molecular weight excluding hydrogens is 328 g/mol. The Balaban J connectivity index is 1.91. The van der Waals surface area contributed by atoms with E-state index in [4.69, 9.17) is 4.74 Å². The molecule has 1 saturated heterocycles. The van der Waals surface area contributed by atoms with Gasteiger partial charge in [0.2, 0.25) is 0 Å². The molecule has 118 valence electrons. The van der Waals surface area contributed by atoms with Crippen molar-refractivity contribution in [1.29, 1.82) is 0 Å². The zero-order chi connectivity index (χ0) is 15.1. The molecule has 0 saturated carbocycles. The second-order valence-electron chi connectivity index (χ2n) is 5.83. The number of likely N-dealkylation sites (tertiary alicyclic amines) is 1. The molecule has 0 radical (unpaired) electrons. The average molecular weight is 355 g/mol. The highest BCUT2D eigenvalue weighted by atomic mass is 79.9. The summed E-state index contributed by atoms with van der Waals surface area (Å²) in [5.74, 6) is 0. The SMILES string of the molecule is CCCOC1CCCN(Cc2ccc(CNC)cc2Br)C1. The summed E-state index contributed by atoms with van der Waals surface area (Å²) in [6.07, 6.45) is 3.97. The predicted molar refractivity (Wildman–Crippen MR) is 91.4 cm³/mol. The van der Waals surface area contributed by atoms with Crippen LogP contribution >= 0.6 is 15.9 Å². The average Bonchev–Trinajstić information content (AvgIpc) is 2.49. The summed E-state index contributed by atoms with van der Waals surface area (Å²) >= 11 is 3.72. The van der Waals surface area contributed by atoms with Crippen LogP contribution in [-0.2, 0) is 17.8 Å². The third-order valence-electron chi connectivity index (χ3n) is 3.91. The smallest absolute Gasteiger partial charge is 0.0702 e. The fourth-order valence-electron chi connectivity index (χ4n) is 2.85. The fourth-order valence-corrected chi connectivity index (χ4v) is 3.40. The van der Waals surface area contributed by atoms with Crippen LogP contribution in [0, 0.1) is 0 Å². The Bertz CT molecular complexity index is 439. The number of ether oxygens (including phenoxy) is 1. The number of nitrogens with zero attached hydrogens (tertiary/aromatic N) is 1. The number of benzene rings is 1. The van der Waals surface area contributed by atoms with Crippen LogP contribution in [0.1, 0.15) is 37.3 Å². The second kappa shape index (κ2) is 8.89. The molecule has 2 rings (SSSR count). The Morgan fingerprint density at radius 3 is 3.00 bits per heavy atom. The summed E-state index contributed by atoms with van der Waals surface area (Å²) < 4.78 is 7.13. The van der Waals surface area contributed by atoms with Crippen LogP contribution in [0.3, 0.4) is 0 Å². The topological polar surface area (TPSA) is 24.5 Å². The van der Waals surface area contributed by atoms with Gasteiger partial charge in [-0.05, 0) is 50.0 Å². The monoisotopic (exact) mass is 354 g/mol. The van der Waals surface area contributed by atoms with Crippen LogP contribution in [-0.4, -0.2) is 37.7 Å². The number of piperidine rings is 1. The first-order valence-corrected chi connectivity index (χ1v) is 8.78. The maximum atomic E-state index is 5.92. The molecule has 0 aliphatic carbocycles. The minimum absolute atomic E-state index is 0.418. The molecule has 21 heavy (non-hydrogen) atoms. The molecule has 1 aliphatic heterocycles. The molecule has 0 aromatic heterocycles. The van der Waals surface area contributed by atoms with E-state index in [1.165, 1.54) is 35.0 Å². The van der Waals surface area contributed by atoms with Crippen molar-refractivity contribution in [1.82, 2.24) is 10.2 Å². The van der Waals surface area contributed by atoms with Gasteiger partial charge in [0.1, 0.15) is 0 Å². The van der Waals surface area contributed by atoms with Crippen molar-refractivity contribution in [3.8, 4) is 0 Å². The second-order valence-corrected chi connectivity index (χ2v) is 6.68. The number of rotatable bonds is 7. The van der Waals surface area contributed by atoms with Gasteiger partial charge in [-0.25, -0.2) is 0 Å². The minimum Gasteiger partial charge on any atom is -0.377 e. The van der Waals surface area contributed by atoms with Crippen molar-refractivity contribution in [2.75, 3.05) is 26.7 Å². The number of hydrogen-bond donors (Lipinski definition) is 1. The normalized spacial score (nSPS) is 19.9. The molecule has 0 spiro atoms. The number of halogens is 1. The molecule has 1 fully saturated rings. The van der Waals surface area contributed by atoms with Crippen molar-refractivity contribution in [2.24, 2.45) is 0 Å². The van der Waals surface area contributed by atoms with Gasteiger partial charge in [-0.1, -0.05) is 35.0 Å². The summed E-state index contributed by atoms with van der Waals surface area (Å²) in [7, 11) is 1.98. The van der Waals surface area contributed by atoms with Gasteiger partial charge >= 0.3 is 0 Å². The summed E-state index contributed by atoms with van der Waals surface area (Å²) in [6.45, 7) is 7.22. The minimum atomic E-state index is 0.418. The molecular formula is C17H27BrN2O. The van der Waals surface area contributed by atoms with E-state index >= 15 is 0 Å². The molecule has 1 heterocycles. The van der Waals surface area contributed by atoms with Crippen LogP contribution in [0.5, 0.6) is 0 Å². The maximum absolute atomic E-state index is 5.92. The van der Waals surface area contributed by atoms with E-state index in [9.17, 15) is 0 Å². The van der Waals surface area contributed by atoms with Crippen LogP contribution in [0.25, 0.3) is 0 Å². The van der Waals surface area contributed by atoms with E-state index in [1.807, 2.05) is 7.05 Å². The van der Waals surface area contributed by atoms with Gasteiger partial charge in [0.25, 0.3) is 0 Å².